The van der Waals surface area contributed by atoms with E-state index in [9.17, 15) is 22.4 Å². The van der Waals surface area contributed by atoms with Gasteiger partial charge in [0.1, 0.15) is 17.3 Å². The van der Waals surface area contributed by atoms with Gasteiger partial charge in [0, 0.05) is 32.2 Å². The number of aromatic nitrogens is 1. The van der Waals surface area contributed by atoms with E-state index in [-0.39, 0.29) is 18.3 Å². The molecule has 34 heavy (non-hydrogen) atoms. The average Bonchev–Trinajstić information content (AvgIpc) is 3.21. The van der Waals surface area contributed by atoms with E-state index in [0.29, 0.717) is 47.4 Å². The summed E-state index contributed by atoms with van der Waals surface area (Å²) in [5.41, 5.74) is 0.443. The molecule has 7 nitrogen and oxygen atoms in total. The SMILES string of the molecule is O=C(COc1ccc(F)cc1)N(CCN1CCOCC1)c1nc2ccc(OC(F)(F)F)cc2s1. The van der Waals surface area contributed by atoms with Gasteiger partial charge in [-0.2, -0.15) is 0 Å². The smallest absolute Gasteiger partial charge is 0.484 e. The van der Waals surface area contributed by atoms with Crippen LogP contribution < -0.4 is 14.4 Å². The predicted molar refractivity (Wildman–Crippen MR) is 118 cm³/mol. The van der Waals surface area contributed by atoms with Crippen LogP contribution in [0.5, 0.6) is 11.5 Å². The van der Waals surface area contributed by atoms with Crippen LogP contribution in [0.15, 0.2) is 42.5 Å². The number of anilines is 1. The lowest BCUT2D eigenvalue weighted by Gasteiger charge is -2.29. The van der Waals surface area contributed by atoms with Crippen molar-refractivity contribution in [3.8, 4) is 11.5 Å². The van der Waals surface area contributed by atoms with Crippen molar-refractivity contribution >= 4 is 32.6 Å². The lowest BCUT2D eigenvalue weighted by molar-refractivity contribution is -0.274. The zero-order chi connectivity index (χ0) is 24.1. The molecule has 0 N–H and O–H groups in total. The summed E-state index contributed by atoms with van der Waals surface area (Å²) < 4.78 is 66.1. The predicted octanol–water partition coefficient (Wildman–Crippen LogP) is 4.08. The van der Waals surface area contributed by atoms with Crippen molar-refractivity contribution in [1.29, 1.82) is 0 Å². The van der Waals surface area contributed by atoms with Crippen LogP contribution in [0.25, 0.3) is 10.2 Å². The Bertz CT molecular complexity index is 1120. The number of thiazole rings is 1. The van der Waals surface area contributed by atoms with E-state index >= 15 is 0 Å². The van der Waals surface area contributed by atoms with Crippen molar-refractivity contribution in [1.82, 2.24) is 9.88 Å². The molecule has 1 amide bonds. The highest BCUT2D eigenvalue weighted by atomic mass is 32.1. The maximum atomic E-state index is 13.1. The van der Waals surface area contributed by atoms with Crippen molar-refractivity contribution in [2.24, 2.45) is 0 Å². The minimum Gasteiger partial charge on any atom is -0.484 e. The van der Waals surface area contributed by atoms with Crippen molar-refractivity contribution in [2.75, 3.05) is 50.9 Å². The van der Waals surface area contributed by atoms with Crippen LogP contribution in [0.2, 0.25) is 0 Å². The van der Waals surface area contributed by atoms with Crippen molar-refractivity contribution < 1.29 is 36.6 Å². The van der Waals surface area contributed by atoms with E-state index in [1.807, 2.05) is 0 Å². The number of carbonyl (C=O) groups excluding carboxylic acids is 1. The molecule has 1 aliphatic heterocycles. The van der Waals surface area contributed by atoms with E-state index in [4.69, 9.17) is 9.47 Å². The molecule has 3 aromatic rings. The Morgan fingerprint density at radius 2 is 1.82 bits per heavy atom. The number of benzene rings is 2. The molecule has 0 spiro atoms. The fourth-order valence-corrected chi connectivity index (χ4v) is 4.39. The van der Waals surface area contributed by atoms with E-state index in [2.05, 4.69) is 14.6 Å². The van der Waals surface area contributed by atoms with Crippen LogP contribution in [0.1, 0.15) is 0 Å². The van der Waals surface area contributed by atoms with Gasteiger partial charge in [-0.3, -0.25) is 14.6 Å². The number of rotatable bonds is 8. The number of nitrogens with zero attached hydrogens (tertiary/aromatic N) is 3. The largest absolute Gasteiger partial charge is 0.573 e. The molecule has 2 aromatic carbocycles. The number of ether oxygens (including phenoxy) is 3. The number of carbonyl (C=O) groups is 1. The third-order valence-corrected chi connectivity index (χ3v) is 6.07. The van der Waals surface area contributed by atoms with Crippen LogP contribution in [0.3, 0.4) is 0 Å². The fourth-order valence-electron chi connectivity index (χ4n) is 3.35. The van der Waals surface area contributed by atoms with Gasteiger partial charge in [-0.15, -0.1) is 13.2 Å². The molecule has 0 bridgehead atoms. The minimum absolute atomic E-state index is 0.303. The molecule has 0 saturated carbocycles. The molecular formula is C22H21F4N3O4S. The Morgan fingerprint density at radius 3 is 2.53 bits per heavy atom. The first-order valence-corrected chi connectivity index (χ1v) is 11.2. The van der Waals surface area contributed by atoms with Gasteiger partial charge >= 0.3 is 6.36 Å². The lowest BCUT2D eigenvalue weighted by Crippen LogP contribution is -2.44. The Kier molecular flexibility index (Phi) is 7.49. The first kappa shape index (κ1) is 24.2. The summed E-state index contributed by atoms with van der Waals surface area (Å²) in [6.45, 7) is 3.21. The number of morpholine rings is 1. The molecule has 1 fully saturated rings. The maximum Gasteiger partial charge on any atom is 0.573 e. The Morgan fingerprint density at radius 1 is 1.12 bits per heavy atom. The maximum absolute atomic E-state index is 13.1. The van der Waals surface area contributed by atoms with Crippen LogP contribution in [0, 0.1) is 5.82 Å². The fraction of sp³-hybridized carbons (Fsp3) is 0.364. The molecule has 0 unspecified atom stereocenters. The highest BCUT2D eigenvalue weighted by Crippen LogP contribution is 2.33. The second-order valence-corrected chi connectivity index (χ2v) is 8.42. The summed E-state index contributed by atoms with van der Waals surface area (Å²) in [6, 6.07) is 9.12. The quantitative estimate of drug-likeness (QED) is 0.436. The Hall–Kier alpha value is -2.96. The highest BCUT2D eigenvalue weighted by molar-refractivity contribution is 7.22. The van der Waals surface area contributed by atoms with Gasteiger partial charge in [0.25, 0.3) is 5.91 Å². The number of amides is 1. The van der Waals surface area contributed by atoms with Crippen LogP contribution >= 0.6 is 11.3 Å². The molecule has 0 radical (unpaired) electrons. The summed E-state index contributed by atoms with van der Waals surface area (Å²) in [6.07, 6.45) is -4.81. The molecule has 182 valence electrons. The first-order valence-electron chi connectivity index (χ1n) is 10.4. The van der Waals surface area contributed by atoms with E-state index in [0.717, 1.165) is 24.4 Å². The summed E-state index contributed by atoms with van der Waals surface area (Å²) in [5, 5.41) is 0.333. The molecule has 4 rings (SSSR count). The lowest BCUT2D eigenvalue weighted by atomic mass is 10.3. The van der Waals surface area contributed by atoms with Crippen molar-refractivity contribution in [3.63, 3.8) is 0 Å². The van der Waals surface area contributed by atoms with Gasteiger partial charge in [-0.25, -0.2) is 9.37 Å². The summed E-state index contributed by atoms with van der Waals surface area (Å²) in [4.78, 5) is 21.1. The van der Waals surface area contributed by atoms with Gasteiger partial charge in [-0.1, -0.05) is 11.3 Å². The Labute approximate surface area is 196 Å². The van der Waals surface area contributed by atoms with Gasteiger partial charge in [0.2, 0.25) is 0 Å². The van der Waals surface area contributed by atoms with Crippen LogP contribution in [-0.2, 0) is 9.53 Å². The molecule has 1 saturated heterocycles. The summed E-state index contributed by atoms with van der Waals surface area (Å²) in [7, 11) is 0. The molecule has 0 atom stereocenters. The summed E-state index contributed by atoms with van der Waals surface area (Å²) in [5.74, 6) is -0.834. The molecule has 1 aliphatic rings. The zero-order valence-electron chi connectivity index (χ0n) is 17.9. The number of alkyl halides is 3. The molecular weight excluding hydrogens is 478 g/mol. The van der Waals surface area contributed by atoms with Crippen molar-refractivity contribution in [2.45, 2.75) is 6.36 Å². The van der Waals surface area contributed by atoms with Gasteiger partial charge in [-0.05, 0) is 36.4 Å². The number of hydrogen-bond donors (Lipinski definition) is 0. The first-order chi connectivity index (χ1) is 16.3. The molecule has 12 heteroatoms. The highest BCUT2D eigenvalue weighted by Gasteiger charge is 2.31. The van der Waals surface area contributed by atoms with Crippen LogP contribution in [-0.4, -0.2) is 68.2 Å². The third-order valence-electron chi connectivity index (χ3n) is 5.03. The molecule has 2 heterocycles. The number of halogens is 4. The summed E-state index contributed by atoms with van der Waals surface area (Å²) >= 11 is 1.08. The second-order valence-electron chi connectivity index (χ2n) is 7.42. The average molecular weight is 499 g/mol. The number of hydrogen-bond acceptors (Lipinski definition) is 7. The van der Waals surface area contributed by atoms with E-state index in [1.165, 1.54) is 47.4 Å². The minimum atomic E-state index is -4.81. The van der Waals surface area contributed by atoms with Gasteiger partial charge in [0.15, 0.2) is 11.7 Å². The molecule has 0 aliphatic carbocycles. The number of fused-ring (bicyclic) bond motifs is 1. The van der Waals surface area contributed by atoms with Crippen LogP contribution in [0.4, 0.5) is 22.7 Å². The zero-order valence-corrected chi connectivity index (χ0v) is 18.7. The molecule has 1 aromatic heterocycles. The normalized spacial score (nSPS) is 14.8. The van der Waals surface area contributed by atoms with Crippen molar-refractivity contribution in [3.05, 3.63) is 48.3 Å². The van der Waals surface area contributed by atoms with Gasteiger partial charge in [0.05, 0.1) is 23.4 Å². The second kappa shape index (κ2) is 10.5. The Balaban J connectivity index is 1.52. The standard InChI is InChI=1S/C22H21F4N3O4S/c23-15-1-3-16(4-2-15)32-14-20(30)29(8-7-28-9-11-31-12-10-28)21-27-18-6-5-17(13-19(18)34-21)33-22(24,25)26/h1-6,13H,7-12,14H2. The monoisotopic (exact) mass is 499 g/mol. The van der Waals surface area contributed by atoms with E-state index < -0.39 is 12.2 Å². The topological polar surface area (TPSA) is 64.1 Å². The van der Waals surface area contributed by atoms with Gasteiger partial charge < -0.3 is 14.2 Å². The third kappa shape index (κ3) is 6.55. The van der Waals surface area contributed by atoms with E-state index in [1.54, 1.807) is 0 Å².